The third-order valence-electron chi connectivity index (χ3n) is 5.28. The Morgan fingerprint density at radius 1 is 1.21 bits per heavy atom. The molecule has 0 amide bonds. The molecule has 0 bridgehead atoms. The first-order valence-corrected chi connectivity index (χ1v) is 9.82. The van der Waals surface area contributed by atoms with Crippen LogP contribution >= 0.6 is 0 Å². The van der Waals surface area contributed by atoms with Crippen LogP contribution in [0.2, 0.25) is 0 Å². The van der Waals surface area contributed by atoms with Gasteiger partial charge in [0.05, 0.1) is 18.8 Å². The van der Waals surface area contributed by atoms with E-state index in [1.807, 2.05) is 33.8 Å². The van der Waals surface area contributed by atoms with Crippen LogP contribution in [0.4, 0.5) is 0 Å². The van der Waals surface area contributed by atoms with E-state index in [-0.39, 0.29) is 23.3 Å². The molecule has 1 aromatic rings. The Kier molecular flexibility index (Phi) is 7.69. The largest absolute Gasteiger partial charge is 0.504 e. The number of hydrogen-bond donors (Lipinski definition) is 2. The van der Waals surface area contributed by atoms with Crippen LogP contribution in [0.3, 0.4) is 0 Å². The minimum atomic E-state index is -0.682. The van der Waals surface area contributed by atoms with Crippen molar-refractivity contribution in [3.63, 3.8) is 0 Å². The summed E-state index contributed by atoms with van der Waals surface area (Å²) in [7, 11) is 1.43. The van der Waals surface area contributed by atoms with Crippen LogP contribution in [0.15, 0.2) is 41.5 Å². The lowest BCUT2D eigenvalue weighted by Crippen LogP contribution is -2.38. The standard InChI is InChI=1S/C23H32O5/c1-14(2)22-19(25)11-15(3)7-6-8-16(4)12-21(22)28-23(26)17-9-10-18(24)20(13-17)27-5/h8-11,13-14,19,21-22,24-25H,6-7,12H2,1-5H3/t19-,21-,22-/m1/s1. The molecule has 0 spiro atoms. The predicted octanol–water partition coefficient (Wildman–Crippen LogP) is 4.64. The molecule has 5 heteroatoms. The van der Waals surface area contributed by atoms with Crippen molar-refractivity contribution in [3.05, 3.63) is 47.1 Å². The van der Waals surface area contributed by atoms with Gasteiger partial charge in [-0.15, -0.1) is 0 Å². The van der Waals surface area contributed by atoms with Crippen LogP contribution in [-0.4, -0.2) is 35.5 Å². The van der Waals surface area contributed by atoms with Gasteiger partial charge < -0.3 is 19.7 Å². The first-order chi connectivity index (χ1) is 13.2. The van der Waals surface area contributed by atoms with Gasteiger partial charge in [-0.3, -0.25) is 0 Å². The number of aromatic hydroxyl groups is 1. The topological polar surface area (TPSA) is 76.0 Å². The summed E-state index contributed by atoms with van der Waals surface area (Å²) < 4.78 is 11.0. The van der Waals surface area contributed by atoms with Crippen molar-refractivity contribution in [1.82, 2.24) is 0 Å². The molecule has 1 aliphatic rings. The minimum absolute atomic E-state index is 0.0346. The quantitative estimate of drug-likeness (QED) is 0.581. The second-order valence-electron chi connectivity index (χ2n) is 7.95. The lowest BCUT2D eigenvalue weighted by atomic mass is 9.81. The lowest BCUT2D eigenvalue weighted by Gasteiger charge is -2.33. The number of esters is 1. The maximum Gasteiger partial charge on any atom is 0.338 e. The van der Waals surface area contributed by atoms with Crippen LogP contribution in [0.1, 0.15) is 57.3 Å². The van der Waals surface area contributed by atoms with Gasteiger partial charge >= 0.3 is 5.97 Å². The highest BCUT2D eigenvalue weighted by Crippen LogP contribution is 2.31. The highest BCUT2D eigenvalue weighted by atomic mass is 16.5. The molecule has 1 aromatic carbocycles. The van der Waals surface area contributed by atoms with E-state index in [4.69, 9.17) is 9.47 Å². The molecule has 2 rings (SSSR count). The first kappa shape index (κ1) is 22.0. The lowest BCUT2D eigenvalue weighted by molar-refractivity contribution is -0.0217. The number of aliphatic hydroxyl groups is 1. The van der Waals surface area contributed by atoms with Gasteiger partial charge in [0.1, 0.15) is 6.10 Å². The number of carbonyl (C=O) groups is 1. The van der Waals surface area contributed by atoms with E-state index in [0.29, 0.717) is 12.0 Å². The molecule has 0 saturated heterocycles. The number of phenolic OH excluding ortho intramolecular Hbond substituents is 1. The summed E-state index contributed by atoms with van der Waals surface area (Å²) in [6.07, 6.45) is 5.33. The molecule has 0 unspecified atom stereocenters. The molecule has 0 heterocycles. The van der Waals surface area contributed by atoms with Gasteiger partial charge in [0.25, 0.3) is 0 Å². The van der Waals surface area contributed by atoms with Crippen molar-refractivity contribution < 1.29 is 24.5 Å². The normalized spacial score (nSPS) is 23.6. The van der Waals surface area contributed by atoms with Gasteiger partial charge in [-0.1, -0.05) is 37.1 Å². The van der Waals surface area contributed by atoms with Gasteiger partial charge in [-0.25, -0.2) is 4.79 Å². The number of allylic oxidation sites excluding steroid dienone is 2. The van der Waals surface area contributed by atoms with Crippen LogP contribution in [0, 0.1) is 11.8 Å². The zero-order valence-corrected chi connectivity index (χ0v) is 17.4. The van der Waals surface area contributed by atoms with Gasteiger partial charge in [-0.2, -0.15) is 0 Å². The molecule has 0 saturated carbocycles. The van der Waals surface area contributed by atoms with Gasteiger partial charge in [0.15, 0.2) is 11.5 Å². The molecular formula is C23H32O5. The number of ether oxygens (including phenoxy) is 2. The molecule has 1 aliphatic carbocycles. The van der Waals surface area contributed by atoms with Crippen molar-refractivity contribution >= 4 is 5.97 Å². The van der Waals surface area contributed by atoms with Crippen LogP contribution in [0.5, 0.6) is 11.5 Å². The number of aliphatic hydroxyl groups excluding tert-OH is 1. The number of rotatable bonds is 4. The SMILES string of the molecule is COc1cc(C(=O)O[C@@H]2CC(C)=CCCC(C)=C[C@@H](O)[C@H]2C(C)C)ccc1O. The molecule has 2 N–H and O–H groups in total. The van der Waals surface area contributed by atoms with E-state index in [1.165, 1.54) is 25.3 Å². The van der Waals surface area contributed by atoms with Gasteiger partial charge in [0, 0.05) is 12.3 Å². The average molecular weight is 389 g/mol. The van der Waals surface area contributed by atoms with E-state index in [9.17, 15) is 15.0 Å². The molecule has 0 fully saturated rings. The summed E-state index contributed by atoms with van der Waals surface area (Å²) in [6.45, 7) is 8.13. The van der Waals surface area contributed by atoms with Crippen LogP contribution in [-0.2, 0) is 4.74 Å². The Balaban J connectivity index is 2.33. The van der Waals surface area contributed by atoms with Crippen molar-refractivity contribution in [2.45, 2.75) is 59.2 Å². The summed E-state index contributed by atoms with van der Waals surface area (Å²) in [4.78, 5) is 12.8. The van der Waals surface area contributed by atoms with Crippen LogP contribution in [0.25, 0.3) is 0 Å². The number of hydrogen-bond acceptors (Lipinski definition) is 5. The van der Waals surface area contributed by atoms with E-state index in [0.717, 1.165) is 24.0 Å². The molecule has 0 aromatic heterocycles. The Bertz CT molecular complexity index is 747. The van der Waals surface area contributed by atoms with E-state index in [1.54, 1.807) is 0 Å². The summed E-state index contributed by atoms with van der Waals surface area (Å²) >= 11 is 0. The minimum Gasteiger partial charge on any atom is -0.504 e. The maximum absolute atomic E-state index is 12.8. The second kappa shape index (κ2) is 9.78. The Labute approximate surface area is 167 Å². The van der Waals surface area contributed by atoms with E-state index in [2.05, 4.69) is 6.08 Å². The van der Waals surface area contributed by atoms with Crippen LogP contribution < -0.4 is 4.74 Å². The van der Waals surface area contributed by atoms with Gasteiger partial charge in [-0.05, 0) is 50.8 Å². The smallest absolute Gasteiger partial charge is 0.338 e. The molecule has 28 heavy (non-hydrogen) atoms. The summed E-state index contributed by atoms with van der Waals surface area (Å²) in [5, 5.41) is 20.6. The Morgan fingerprint density at radius 2 is 1.93 bits per heavy atom. The number of phenols is 1. The van der Waals surface area contributed by atoms with E-state index < -0.39 is 18.2 Å². The third-order valence-corrected chi connectivity index (χ3v) is 5.28. The molecule has 154 valence electrons. The monoisotopic (exact) mass is 388 g/mol. The zero-order chi connectivity index (χ0) is 20.8. The third kappa shape index (κ3) is 5.61. The van der Waals surface area contributed by atoms with Crippen molar-refractivity contribution in [2.24, 2.45) is 11.8 Å². The zero-order valence-electron chi connectivity index (χ0n) is 17.4. The highest BCUT2D eigenvalue weighted by Gasteiger charge is 2.33. The number of methoxy groups -OCH3 is 1. The number of benzene rings is 1. The average Bonchev–Trinajstić information content (AvgIpc) is 2.61. The fraction of sp³-hybridized carbons (Fsp3) is 0.522. The summed E-state index contributed by atoms with van der Waals surface area (Å²) in [5.74, 6) is -0.410. The number of carbonyl (C=O) groups excluding carboxylic acids is 1. The molecule has 0 aliphatic heterocycles. The molecule has 5 nitrogen and oxygen atoms in total. The molecule has 0 radical (unpaired) electrons. The predicted molar refractivity (Wildman–Crippen MR) is 110 cm³/mol. The van der Waals surface area contributed by atoms with Crippen molar-refractivity contribution in [3.8, 4) is 11.5 Å². The van der Waals surface area contributed by atoms with Crippen molar-refractivity contribution in [2.75, 3.05) is 7.11 Å². The van der Waals surface area contributed by atoms with E-state index >= 15 is 0 Å². The fourth-order valence-corrected chi connectivity index (χ4v) is 3.74. The highest BCUT2D eigenvalue weighted by molar-refractivity contribution is 5.90. The molecular weight excluding hydrogens is 356 g/mol. The first-order valence-electron chi connectivity index (χ1n) is 9.82. The maximum atomic E-state index is 12.8. The Hall–Kier alpha value is -2.27. The summed E-state index contributed by atoms with van der Waals surface area (Å²) in [6, 6.07) is 4.38. The van der Waals surface area contributed by atoms with Gasteiger partial charge in [0.2, 0.25) is 0 Å². The Morgan fingerprint density at radius 3 is 2.57 bits per heavy atom. The molecule has 3 atom stereocenters. The van der Waals surface area contributed by atoms with Crippen molar-refractivity contribution in [1.29, 1.82) is 0 Å². The summed E-state index contributed by atoms with van der Waals surface area (Å²) in [5.41, 5.74) is 2.59. The fourth-order valence-electron chi connectivity index (χ4n) is 3.74. The second-order valence-corrected chi connectivity index (χ2v) is 7.95.